The Labute approximate surface area is 176 Å². The molecule has 5 nitrogen and oxygen atoms in total. The van der Waals surface area contributed by atoms with Crippen LogP contribution in [0.4, 0.5) is 24.5 Å². The second-order valence-electron chi connectivity index (χ2n) is 6.92. The van der Waals surface area contributed by atoms with E-state index in [1.807, 2.05) is 30.3 Å². The molecule has 0 radical (unpaired) electrons. The van der Waals surface area contributed by atoms with Crippen LogP contribution in [0.1, 0.15) is 5.56 Å². The number of halogens is 3. The predicted molar refractivity (Wildman–Crippen MR) is 115 cm³/mol. The molecule has 3 aromatic rings. The van der Waals surface area contributed by atoms with Gasteiger partial charge >= 0.3 is 0 Å². The smallest absolute Gasteiger partial charge is 0.251 e. The molecule has 0 aliphatic carbocycles. The van der Waals surface area contributed by atoms with Crippen molar-refractivity contribution in [2.75, 3.05) is 26.0 Å². The van der Waals surface area contributed by atoms with E-state index in [-0.39, 0.29) is 0 Å². The van der Waals surface area contributed by atoms with Crippen LogP contribution in [0.3, 0.4) is 0 Å². The van der Waals surface area contributed by atoms with Crippen LogP contribution < -0.4 is 10.6 Å². The zero-order valence-electron chi connectivity index (χ0n) is 16.4. The molecule has 9 heteroatoms. The number of hydrogen-bond donors (Lipinski definition) is 2. The standard InChI is InChI=1S/C21H20F3N5S/c1-25-9-13-11-29(30-15-4-3-7-28(2)12-15)18-8-14(5-6-16(13)18)27-20-17(22)10-26-21(24)19(20)23/h3-6,8,10-12,25H,7,9H2,1-2H3,(H,26,27). The van der Waals surface area contributed by atoms with Gasteiger partial charge in [0.05, 0.1) is 11.7 Å². The van der Waals surface area contributed by atoms with Crippen molar-refractivity contribution in [3.05, 3.63) is 77.0 Å². The molecule has 0 saturated carbocycles. The number of allylic oxidation sites excluding steroid dienone is 1. The lowest BCUT2D eigenvalue weighted by molar-refractivity contribution is 0.469. The average Bonchev–Trinajstić information content (AvgIpc) is 3.05. The molecule has 0 unspecified atom stereocenters. The summed E-state index contributed by atoms with van der Waals surface area (Å²) in [5, 5.41) is 6.81. The van der Waals surface area contributed by atoms with E-state index in [0.29, 0.717) is 18.4 Å². The highest BCUT2D eigenvalue weighted by atomic mass is 32.2. The van der Waals surface area contributed by atoms with Crippen LogP contribution in [0.25, 0.3) is 10.9 Å². The van der Waals surface area contributed by atoms with Gasteiger partial charge in [-0.1, -0.05) is 12.1 Å². The average molecular weight is 431 g/mol. The topological polar surface area (TPSA) is 45.1 Å². The molecule has 1 aliphatic rings. The zero-order chi connectivity index (χ0) is 21.3. The van der Waals surface area contributed by atoms with Crippen molar-refractivity contribution in [3.8, 4) is 0 Å². The first kappa shape index (κ1) is 20.4. The summed E-state index contributed by atoms with van der Waals surface area (Å²) >= 11 is 1.54. The number of hydrogen-bond acceptors (Lipinski definition) is 5. The van der Waals surface area contributed by atoms with Crippen LogP contribution in [0.2, 0.25) is 0 Å². The number of likely N-dealkylation sites (N-methyl/N-ethyl adjacent to an activating group) is 1. The van der Waals surface area contributed by atoms with Gasteiger partial charge in [-0.3, -0.25) is 3.97 Å². The summed E-state index contributed by atoms with van der Waals surface area (Å²) in [6, 6.07) is 5.38. The molecule has 156 valence electrons. The zero-order valence-corrected chi connectivity index (χ0v) is 17.2. The molecule has 2 N–H and O–H groups in total. The largest absolute Gasteiger partial charge is 0.376 e. The van der Waals surface area contributed by atoms with E-state index in [2.05, 4.69) is 38.9 Å². The van der Waals surface area contributed by atoms with Gasteiger partial charge in [0.25, 0.3) is 5.95 Å². The lowest BCUT2D eigenvalue weighted by Crippen LogP contribution is -2.13. The lowest BCUT2D eigenvalue weighted by Gasteiger charge is -2.17. The minimum Gasteiger partial charge on any atom is -0.376 e. The molecule has 4 rings (SSSR count). The van der Waals surface area contributed by atoms with Crippen molar-refractivity contribution in [2.45, 2.75) is 6.54 Å². The summed E-state index contributed by atoms with van der Waals surface area (Å²) in [4.78, 5) is 6.19. The Bertz CT molecular complexity index is 1160. The molecule has 0 fully saturated rings. The third kappa shape index (κ3) is 4.03. The molecule has 0 spiro atoms. The Morgan fingerprint density at radius 3 is 2.83 bits per heavy atom. The van der Waals surface area contributed by atoms with Crippen LogP contribution in [0.15, 0.2) is 53.8 Å². The molecule has 0 saturated heterocycles. The number of rotatable bonds is 6. The number of anilines is 2. The van der Waals surface area contributed by atoms with Gasteiger partial charge < -0.3 is 15.5 Å². The highest BCUT2D eigenvalue weighted by Gasteiger charge is 2.17. The molecule has 3 heterocycles. The van der Waals surface area contributed by atoms with Crippen molar-refractivity contribution < 1.29 is 13.2 Å². The molecular weight excluding hydrogens is 411 g/mol. The van der Waals surface area contributed by atoms with Gasteiger partial charge in [0.2, 0.25) is 5.82 Å². The van der Waals surface area contributed by atoms with Gasteiger partial charge in [-0.15, -0.1) is 0 Å². The molecular formula is C21H20F3N5S. The summed E-state index contributed by atoms with van der Waals surface area (Å²) in [7, 11) is 3.88. The Balaban J connectivity index is 1.74. The maximum absolute atomic E-state index is 14.0. The molecule has 2 aromatic heterocycles. The second-order valence-corrected chi connectivity index (χ2v) is 7.97. The van der Waals surface area contributed by atoms with Gasteiger partial charge in [0, 0.05) is 48.5 Å². The van der Waals surface area contributed by atoms with Gasteiger partial charge in [-0.2, -0.15) is 8.78 Å². The molecule has 0 amide bonds. The van der Waals surface area contributed by atoms with Crippen molar-refractivity contribution in [1.82, 2.24) is 19.2 Å². The van der Waals surface area contributed by atoms with Crippen LogP contribution >= 0.6 is 11.9 Å². The number of pyridine rings is 1. The summed E-state index contributed by atoms with van der Waals surface area (Å²) < 4.78 is 43.5. The number of nitrogens with zero attached hydrogens (tertiary/aromatic N) is 3. The number of nitrogens with one attached hydrogen (secondary N) is 2. The van der Waals surface area contributed by atoms with E-state index in [1.54, 1.807) is 24.1 Å². The lowest BCUT2D eigenvalue weighted by atomic mass is 10.1. The fraction of sp³-hybridized carbons (Fsp3) is 0.190. The maximum atomic E-state index is 14.0. The first-order valence-corrected chi connectivity index (χ1v) is 10.1. The molecule has 0 atom stereocenters. The van der Waals surface area contributed by atoms with E-state index < -0.39 is 23.3 Å². The number of aromatic nitrogens is 2. The van der Waals surface area contributed by atoms with Gasteiger partial charge in [-0.05, 0) is 42.8 Å². The van der Waals surface area contributed by atoms with Crippen LogP contribution in [0, 0.1) is 17.6 Å². The van der Waals surface area contributed by atoms with E-state index in [1.165, 1.54) is 0 Å². The van der Waals surface area contributed by atoms with Crippen LogP contribution in [0.5, 0.6) is 0 Å². The molecule has 1 aromatic carbocycles. The third-order valence-corrected chi connectivity index (χ3v) is 5.60. The first-order valence-electron chi connectivity index (χ1n) is 9.28. The van der Waals surface area contributed by atoms with Crippen molar-refractivity contribution in [1.29, 1.82) is 0 Å². The monoisotopic (exact) mass is 431 g/mol. The van der Waals surface area contributed by atoms with E-state index in [9.17, 15) is 13.2 Å². The van der Waals surface area contributed by atoms with Gasteiger partial charge in [-0.25, -0.2) is 9.37 Å². The van der Waals surface area contributed by atoms with Crippen LogP contribution in [-0.4, -0.2) is 34.5 Å². The Morgan fingerprint density at radius 1 is 1.23 bits per heavy atom. The number of fused-ring (bicyclic) bond motifs is 1. The molecule has 1 aliphatic heterocycles. The van der Waals surface area contributed by atoms with Crippen molar-refractivity contribution in [3.63, 3.8) is 0 Å². The Morgan fingerprint density at radius 2 is 2.07 bits per heavy atom. The van der Waals surface area contributed by atoms with Gasteiger partial charge in [0.15, 0.2) is 5.82 Å². The minimum absolute atomic E-state index is 0.437. The van der Waals surface area contributed by atoms with E-state index in [0.717, 1.165) is 27.9 Å². The fourth-order valence-electron chi connectivity index (χ4n) is 3.27. The van der Waals surface area contributed by atoms with E-state index >= 15 is 0 Å². The maximum Gasteiger partial charge on any atom is 0.251 e. The van der Waals surface area contributed by atoms with Crippen molar-refractivity contribution >= 4 is 34.2 Å². The summed E-state index contributed by atoms with van der Waals surface area (Å²) in [6.45, 7) is 1.53. The Hall–Kier alpha value is -2.91. The SMILES string of the molecule is CNCc1cn(SC2=CN(C)CC=C2)c2cc(Nc3c(F)cnc(F)c3F)ccc12. The molecule has 30 heavy (non-hydrogen) atoms. The molecule has 0 bridgehead atoms. The van der Waals surface area contributed by atoms with Crippen LogP contribution in [-0.2, 0) is 6.54 Å². The summed E-state index contributed by atoms with van der Waals surface area (Å²) in [6.07, 6.45) is 8.88. The highest BCUT2D eigenvalue weighted by molar-refractivity contribution is 8.02. The highest BCUT2D eigenvalue weighted by Crippen LogP contribution is 2.33. The predicted octanol–water partition coefficient (Wildman–Crippen LogP) is 4.76. The first-order chi connectivity index (χ1) is 14.5. The fourth-order valence-corrected chi connectivity index (χ4v) is 4.31. The summed E-state index contributed by atoms with van der Waals surface area (Å²) in [5.74, 6) is -3.67. The van der Waals surface area contributed by atoms with E-state index in [4.69, 9.17) is 0 Å². The van der Waals surface area contributed by atoms with Crippen molar-refractivity contribution in [2.24, 2.45) is 0 Å². The second kappa shape index (κ2) is 8.45. The summed E-state index contributed by atoms with van der Waals surface area (Å²) in [5.41, 5.74) is 1.83. The quantitative estimate of drug-likeness (QED) is 0.552. The third-order valence-electron chi connectivity index (χ3n) is 4.65. The minimum atomic E-state index is -1.35. The number of benzene rings is 1. The normalized spacial score (nSPS) is 13.8. The van der Waals surface area contributed by atoms with Gasteiger partial charge in [0.1, 0.15) is 5.69 Å². The Kier molecular flexibility index (Phi) is 5.74.